The largest absolute Gasteiger partial charge is 0.380 e. The van der Waals surface area contributed by atoms with Crippen molar-refractivity contribution >= 4 is 21.4 Å². The average Bonchev–Trinajstić information content (AvgIpc) is 2.66. The summed E-state index contributed by atoms with van der Waals surface area (Å²) in [6, 6.07) is 5.05. The van der Waals surface area contributed by atoms with Gasteiger partial charge in [0.15, 0.2) is 0 Å². The molecular weight excluding hydrogens is 254 g/mol. The summed E-state index contributed by atoms with van der Waals surface area (Å²) < 4.78 is 6.80. The Hall–Kier alpha value is -0.900. The molecule has 1 N–H and O–H groups in total. The molecule has 0 radical (unpaired) electrons. The number of thiophene rings is 1. The second kappa shape index (κ2) is 6.04. The van der Waals surface area contributed by atoms with Crippen molar-refractivity contribution in [1.82, 2.24) is 5.32 Å². The van der Waals surface area contributed by atoms with Gasteiger partial charge in [-0.3, -0.25) is 0 Å². The quantitative estimate of drug-likeness (QED) is 0.886. The number of ether oxygens (including phenoxy) is 1. The zero-order chi connectivity index (χ0) is 14.0. The lowest BCUT2D eigenvalue weighted by Crippen LogP contribution is -2.21. The highest BCUT2D eigenvalue weighted by Gasteiger charge is 2.14. The Morgan fingerprint density at radius 3 is 2.63 bits per heavy atom. The summed E-state index contributed by atoms with van der Waals surface area (Å²) in [6.07, 6.45) is 0. The molecule has 0 saturated carbocycles. The van der Waals surface area contributed by atoms with Gasteiger partial charge in [0.05, 0.1) is 6.61 Å². The molecule has 1 aromatic heterocycles. The molecule has 0 bridgehead atoms. The summed E-state index contributed by atoms with van der Waals surface area (Å²) >= 11 is 1.90. The molecule has 1 aromatic carbocycles. The molecule has 2 aromatic rings. The minimum Gasteiger partial charge on any atom is -0.380 e. The smallest absolute Gasteiger partial charge is 0.0730 e. The lowest BCUT2D eigenvalue weighted by atomic mass is 10.1. The van der Waals surface area contributed by atoms with Crippen LogP contribution in [0.4, 0.5) is 0 Å². The molecule has 0 spiro atoms. The number of benzene rings is 1. The molecule has 3 heteroatoms. The van der Waals surface area contributed by atoms with Crippen molar-refractivity contribution in [2.45, 2.75) is 46.9 Å². The predicted octanol–water partition coefficient (Wildman–Crippen LogP) is 4.16. The fraction of sp³-hybridized carbons (Fsp3) is 0.500. The van der Waals surface area contributed by atoms with Crippen LogP contribution < -0.4 is 5.32 Å². The third kappa shape index (κ3) is 3.16. The Morgan fingerprint density at radius 2 is 2.00 bits per heavy atom. The van der Waals surface area contributed by atoms with Crippen LogP contribution in [0.3, 0.4) is 0 Å². The first kappa shape index (κ1) is 14.5. The molecule has 0 amide bonds. The Morgan fingerprint density at radius 1 is 1.26 bits per heavy atom. The highest BCUT2D eigenvalue weighted by Crippen LogP contribution is 2.35. The van der Waals surface area contributed by atoms with Crippen LogP contribution in [0, 0.1) is 13.8 Å². The van der Waals surface area contributed by atoms with Gasteiger partial charge in [0.1, 0.15) is 0 Å². The highest BCUT2D eigenvalue weighted by atomic mass is 32.1. The van der Waals surface area contributed by atoms with Crippen LogP contribution in [0.2, 0.25) is 0 Å². The van der Waals surface area contributed by atoms with Gasteiger partial charge in [-0.25, -0.2) is 0 Å². The van der Waals surface area contributed by atoms with Crippen LogP contribution >= 0.6 is 11.3 Å². The van der Waals surface area contributed by atoms with E-state index in [1.54, 1.807) is 7.11 Å². The van der Waals surface area contributed by atoms with E-state index in [4.69, 9.17) is 4.74 Å². The summed E-state index contributed by atoms with van der Waals surface area (Å²) in [6.45, 7) is 10.3. The van der Waals surface area contributed by atoms with E-state index in [0.29, 0.717) is 12.6 Å². The van der Waals surface area contributed by atoms with Gasteiger partial charge >= 0.3 is 0 Å². The van der Waals surface area contributed by atoms with Crippen molar-refractivity contribution < 1.29 is 4.74 Å². The molecule has 0 atom stereocenters. The van der Waals surface area contributed by atoms with Gasteiger partial charge in [-0.1, -0.05) is 31.5 Å². The number of aryl methyl sites for hydroxylation is 2. The van der Waals surface area contributed by atoms with Crippen molar-refractivity contribution in [3.05, 3.63) is 33.7 Å². The second-order valence-corrected chi connectivity index (χ2v) is 6.54. The number of nitrogens with one attached hydrogen (secondary N) is 1. The van der Waals surface area contributed by atoms with Crippen LogP contribution in [-0.2, 0) is 17.9 Å². The van der Waals surface area contributed by atoms with Crippen molar-refractivity contribution in [2.75, 3.05) is 7.11 Å². The number of hydrogen-bond acceptors (Lipinski definition) is 3. The average molecular weight is 277 g/mol. The molecular formula is C16H23NOS. The fourth-order valence-corrected chi connectivity index (χ4v) is 3.60. The zero-order valence-electron chi connectivity index (χ0n) is 12.5. The molecule has 0 aliphatic heterocycles. The van der Waals surface area contributed by atoms with E-state index in [1.165, 1.54) is 31.7 Å². The minimum absolute atomic E-state index is 0.503. The number of hydrogen-bond donors (Lipinski definition) is 1. The van der Waals surface area contributed by atoms with Crippen molar-refractivity contribution in [2.24, 2.45) is 0 Å². The lowest BCUT2D eigenvalue weighted by Gasteiger charge is -2.08. The number of methoxy groups -OCH3 is 1. The maximum atomic E-state index is 5.40. The van der Waals surface area contributed by atoms with E-state index in [9.17, 15) is 0 Å². The molecule has 2 rings (SSSR count). The molecule has 104 valence electrons. The summed E-state index contributed by atoms with van der Waals surface area (Å²) in [7, 11) is 1.77. The van der Waals surface area contributed by atoms with Crippen LogP contribution in [0.1, 0.15) is 35.4 Å². The van der Waals surface area contributed by atoms with Crippen LogP contribution in [-0.4, -0.2) is 13.2 Å². The Balaban J connectivity index is 2.50. The van der Waals surface area contributed by atoms with E-state index in [2.05, 4.69) is 45.1 Å². The first-order valence-corrected chi connectivity index (χ1v) is 7.58. The Bertz CT molecular complexity index is 572. The fourth-order valence-electron chi connectivity index (χ4n) is 2.39. The first-order chi connectivity index (χ1) is 9.02. The lowest BCUT2D eigenvalue weighted by molar-refractivity contribution is 0.185. The maximum absolute atomic E-state index is 5.40. The molecule has 0 saturated heterocycles. The van der Waals surface area contributed by atoms with Crippen LogP contribution in [0.25, 0.3) is 10.1 Å². The van der Waals surface area contributed by atoms with E-state index in [1.807, 2.05) is 11.3 Å². The monoisotopic (exact) mass is 277 g/mol. The van der Waals surface area contributed by atoms with Gasteiger partial charge in [-0.15, -0.1) is 11.3 Å². The summed E-state index contributed by atoms with van der Waals surface area (Å²) in [5.74, 6) is 0. The van der Waals surface area contributed by atoms with Crippen molar-refractivity contribution in [3.63, 3.8) is 0 Å². The maximum Gasteiger partial charge on any atom is 0.0730 e. The molecule has 0 unspecified atom stereocenters. The Kier molecular flexibility index (Phi) is 4.61. The van der Waals surface area contributed by atoms with E-state index in [-0.39, 0.29) is 0 Å². The topological polar surface area (TPSA) is 21.3 Å². The zero-order valence-corrected chi connectivity index (χ0v) is 13.3. The standard InChI is InChI=1S/C16H23NOS/c1-10(2)17-8-15-14(9-18-5)13-7-11(3)6-12(4)16(13)19-15/h6-7,10,17H,8-9H2,1-5H3. The molecule has 2 nitrogen and oxygen atoms in total. The number of rotatable bonds is 5. The third-order valence-corrected chi connectivity index (χ3v) is 4.65. The van der Waals surface area contributed by atoms with E-state index in [0.717, 1.165) is 6.54 Å². The highest BCUT2D eigenvalue weighted by molar-refractivity contribution is 7.19. The molecule has 1 heterocycles. The SMILES string of the molecule is COCc1c(CNC(C)C)sc2c(C)cc(C)cc12. The van der Waals surface area contributed by atoms with Crippen molar-refractivity contribution in [3.8, 4) is 0 Å². The second-order valence-electron chi connectivity index (χ2n) is 5.43. The molecule has 0 aliphatic carbocycles. The molecule has 19 heavy (non-hydrogen) atoms. The van der Waals surface area contributed by atoms with Crippen LogP contribution in [0.15, 0.2) is 12.1 Å². The van der Waals surface area contributed by atoms with Gasteiger partial charge in [0, 0.05) is 34.8 Å². The van der Waals surface area contributed by atoms with Gasteiger partial charge in [0.2, 0.25) is 0 Å². The molecule has 0 aliphatic rings. The predicted molar refractivity (Wildman–Crippen MR) is 84.0 cm³/mol. The summed E-state index contributed by atoms with van der Waals surface area (Å²) in [5.41, 5.74) is 4.04. The van der Waals surface area contributed by atoms with Gasteiger partial charge < -0.3 is 10.1 Å². The summed E-state index contributed by atoms with van der Waals surface area (Å²) in [5, 5.41) is 4.88. The van der Waals surface area contributed by atoms with Crippen LogP contribution in [0.5, 0.6) is 0 Å². The van der Waals surface area contributed by atoms with E-state index < -0.39 is 0 Å². The minimum atomic E-state index is 0.503. The van der Waals surface area contributed by atoms with Crippen molar-refractivity contribution in [1.29, 1.82) is 0 Å². The molecule has 0 fully saturated rings. The van der Waals surface area contributed by atoms with Gasteiger partial charge in [-0.05, 0) is 24.8 Å². The van der Waals surface area contributed by atoms with E-state index >= 15 is 0 Å². The third-order valence-electron chi connectivity index (χ3n) is 3.27. The number of fused-ring (bicyclic) bond motifs is 1. The Labute approximate surface area is 119 Å². The normalized spacial score (nSPS) is 11.7. The van der Waals surface area contributed by atoms with Gasteiger partial charge in [-0.2, -0.15) is 0 Å². The van der Waals surface area contributed by atoms with Gasteiger partial charge in [0.25, 0.3) is 0 Å². The summed E-state index contributed by atoms with van der Waals surface area (Å²) in [4.78, 5) is 1.40. The first-order valence-electron chi connectivity index (χ1n) is 6.76.